The van der Waals surface area contributed by atoms with Crippen molar-refractivity contribution in [2.75, 3.05) is 25.6 Å². The van der Waals surface area contributed by atoms with Gasteiger partial charge in [0.05, 0.1) is 17.2 Å². The minimum Gasteiger partial charge on any atom is -0.491 e. The molecule has 0 unspecified atom stereocenters. The van der Waals surface area contributed by atoms with Crippen molar-refractivity contribution in [3.63, 3.8) is 0 Å². The molecule has 2 aliphatic rings. The highest BCUT2D eigenvalue weighted by atomic mass is 19.1. The standard InChI is InChI=1S/C24H25FN4O4/c1-26-24(31)18-11-27-22(29-23(30)13-4-5-13)21-17(18)10-20(28-21)16-7-6-14(9-19(16)25)33-12-15-3-2-8-32-15/h6-7,9-11,13,15,28H,2-5,8,12H2,1H3,(H,26,31)(H,27,29,30)/t15-/m0/s1. The Bertz CT molecular complexity index is 1210. The highest BCUT2D eigenvalue weighted by Crippen LogP contribution is 2.34. The molecule has 3 heterocycles. The van der Waals surface area contributed by atoms with E-state index in [1.165, 1.54) is 19.3 Å². The van der Waals surface area contributed by atoms with Gasteiger partial charge in [0.15, 0.2) is 5.82 Å². The van der Waals surface area contributed by atoms with Crippen LogP contribution in [-0.4, -0.2) is 48.1 Å². The number of amides is 2. The van der Waals surface area contributed by atoms with Crippen LogP contribution < -0.4 is 15.4 Å². The molecule has 1 aromatic carbocycles. The van der Waals surface area contributed by atoms with Crippen LogP contribution in [0.15, 0.2) is 30.5 Å². The first-order valence-corrected chi connectivity index (χ1v) is 11.1. The first-order chi connectivity index (χ1) is 16.0. The van der Waals surface area contributed by atoms with Crippen molar-refractivity contribution in [1.29, 1.82) is 0 Å². The maximum absolute atomic E-state index is 15.0. The molecule has 2 fully saturated rings. The van der Waals surface area contributed by atoms with Crippen LogP contribution in [0.3, 0.4) is 0 Å². The summed E-state index contributed by atoms with van der Waals surface area (Å²) >= 11 is 0. The number of nitrogens with zero attached hydrogens (tertiary/aromatic N) is 1. The van der Waals surface area contributed by atoms with Crippen LogP contribution in [0.1, 0.15) is 36.0 Å². The molecule has 1 saturated heterocycles. The molecule has 0 spiro atoms. The van der Waals surface area contributed by atoms with Gasteiger partial charge in [0.2, 0.25) is 5.91 Å². The Kier molecular flexibility index (Phi) is 5.72. The van der Waals surface area contributed by atoms with Crippen LogP contribution in [0.2, 0.25) is 0 Å². The van der Waals surface area contributed by atoms with Gasteiger partial charge in [-0.1, -0.05) is 0 Å². The number of aromatic nitrogens is 2. The molecule has 2 aromatic heterocycles. The van der Waals surface area contributed by atoms with E-state index in [0.717, 1.165) is 32.3 Å². The van der Waals surface area contributed by atoms with Gasteiger partial charge in [-0.3, -0.25) is 9.59 Å². The van der Waals surface area contributed by atoms with Crippen molar-refractivity contribution in [1.82, 2.24) is 15.3 Å². The smallest absolute Gasteiger partial charge is 0.253 e. The molecular weight excluding hydrogens is 427 g/mol. The van der Waals surface area contributed by atoms with E-state index in [4.69, 9.17) is 9.47 Å². The summed E-state index contributed by atoms with van der Waals surface area (Å²) < 4.78 is 26.2. The summed E-state index contributed by atoms with van der Waals surface area (Å²) in [4.78, 5) is 32.1. The Hall–Kier alpha value is -3.46. The number of aromatic amines is 1. The largest absolute Gasteiger partial charge is 0.491 e. The van der Waals surface area contributed by atoms with Gasteiger partial charge in [0, 0.05) is 48.5 Å². The molecule has 1 aliphatic heterocycles. The summed E-state index contributed by atoms with van der Waals surface area (Å²) in [5.74, 6) is -0.160. The molecule has 3 aromatic rings. The predicted molar refractivity (Wildman–Crippen MR) is 121 cm³/mol. The van der Waals surface area contributed by atoms with Crippen LogP contribution in [-0.2, 0) is 9.53 Å². The third-order valence-electron chi connectivity index (χ3n) is 6.02. The second-order valence-electron chi connectivity index (χ2n) is 8.42. The molecule has 2 amide bonds. The van der Waals surface area contributed by atoms with Crippen LogP contribution >= 0.6 is 0 Å². The lowest BCUT2D eigenvalue weighted by Crippen LogP contribution is -2.19. The summed E-state index contributed by atoms with van der Waals surface area (Å²) in [5.41, 5.74) is 1.58. The van der Waals surface area contributed by atoms with E-state index in [0.29, 0.717) is 45.9 Å². The fourth-order valence-electron chi connectivity index (χ4n) is 4.01. The summed E-state index contributed by atoms with van der Waals surface area (Å²) in [6.07, 6.45) is 5.12. The number of hydrogen-bond donors (Lipinski definition) is 3. The second-order valence-corrected chi connectivity index (χ2v) is 8.42. The van der Waals surface area contributed by atoms with Crippen molar-refractivity contribution in [3.8, 4) is 17.0 Å². The minimum atomic E-state index is -0.468. The number of benzene rings is 1. The Balaban J connectivity index is 1.46. The van der Waals surface area contributed by atoms with Crippen molar-refractivity contribution in [3.05, 3.63) is 41.8 Å². The van der Waals surface area contributed by atoms with E-state index in [2.05, 4.69) is 20.6 Å². The molecule has 8 nitrogen and oxygen atoms in total. The van der Waals surface area contributed by atoms with E-state index >= 15 is 4.39 Å². The fraction of sp³-hybridized carbons (Fsp3) is 0.375. The maximum Gasteiger partial charge on any atom is 0.253 e. The lowest BCUT2D eigenvalue weighted by atomic mass is 10.1. The van der Waals surface area contributed by atoms with Gasteiger partial charge >= 0.3 is 0 Å². The highest BCUT2D eigenvalue weighted by molar-refractivity contribution is 6.11. The molecule has 1 aliphatic carbocycles. The van der Waals surface area contributed by atoms with Crippen molar-refractivity contribution in [2.45, 2.75) is 31.8 Å². The molecule has 9 heteroatoms. The summed E-state index contributed by atoms with van der Waals surface area (Å²) in [6, 6.07) is 6.36. The number of pyridine rings is 1. The third kappa shape index (κ3) is 4.41. The Morgan fingerprint density at radius 3 is 2.82 bits per heavy atom. The lowest BCUT2D eigenvalue weighted by Gasteiger charge is -2.12. The summed E-state index contributed by atoms with van der Waals surface area (Å²) in [5, 5.41) is 5.96. The van der Waals surface area contributed by atoms with E-state index < -0.39 is 5.82 Å². The van der Waals surface area contributed by atoms with Crippen molar-refractivity contribution in [2.24, 2.45) is 5.92 Å². The van der Waals surface area contributed by atoms with Gasteiger partial charge in [0.1, 0.15) is 18.2 Å². The highest BCUT2D eigenvalue weighted by Gasteiger charge is 2.30. The van der Waals surface area contributed by atoms with Gasteiger partial charge in [-0.25, -0.2) is 9.37 Å². The Morgan fingerprint density at radius 1 is 1.27 bits per heavy atom. The zero-order valence-corrected chi connectivity index (χ0v) is 18.2. The molecule has 3 N–H and O–H groups in total. The lowest BCUT2D eigenvalue weighted by molar-refractivity contribution is -0.117. The molecule has 0 bridgehead atoms. The quantitative estimate of drug-likeness (QED) is 0.508. The van der Waals surface area contributed by atoms with Crippen molar-refractivity contribution < 1.29 is 23.5 Å². The normalized spacial score (nSPS) is 17.8. The fourth-order valence-corrected chi connectivity index (χ4v) is 4.01. The first-order valence-electron chi connectivity index (χ1n) is 11.1. The monoisotopic (exact) mass is 452 g/mol. The zero-order chi connectivity index (χ0) is 22.9. The van der Waals surface area contributed by atoms with E-state index in [1.807, 2.05) is 0 Å². The Labute approximate surface area is 189 Å². The van der Waals surface area contributed by atoms with Crippen LogP contribution in [0.25, 0.3) is 22.2 Å². The third-order valence-corrected chi connectivity index (χ3v) is 6.02. The van der Waals surface area contributed by atoms with Gasteiger partial charge in [-0.2, -0.15) is 0 Å². The number of carbonyl (C=O) groups excluding carboxylic acids is 2. The van der Waals surface area contributed by atoms with E-state index in [-0.39, 0.29) is 23.8 Å². The topological polar surface area (TPSA) is 105 Å². The first kappa shape index (κ1) is 21.4. The van der Waals surface area contributed by atoms with Gasteiger partial charge in [-0.05, 0) is 43.9 Å². The number of hydrogen-bond acceptors (Lipinski definition) is 5. The molecule has 172 valence electrons. The number of H-pyrrole nitrogens is 1. The number of ether oxygens (including phenoxy) is 2. The molecule has 1 saturated carbocycles. The van der Waals surface area contributed by atoms with Crippen LogP contribution in [0, 0.1) is 11.7 Å². The molecule has 1 atom stereocenters. The number of nitrogens with one attached hydrogen (secondary N) is 3. The second kappa shape index (κ2) is 8.82. The molecule has 0 radical (unpaired) electrons. The number of rotatable bonds is 7. The van der Waals surface area contributed by atoms with Gasteiger partial charge < -0.3 is 25.1 Å². The molecular formula is C24H25FN4O4. The van der Waals surface area contributed by atoms with E-state index in [9.17, 15) is 9.59 Å². The number of carbonyl (C=O) groups is 2. The molecule has 33 heavy (non-hydrogen) atoms. The average Bonchev–Trinajstić information content (AvgIpc) is 3.36. The number of halogens is 1. The van der Waals surface area contributed by atoms with Crippen molar-refractivity contribution >= 4 is 28.5 Å². The van der Waals surface area contributed by atoms with Gasteiger partial charge in [-0.15, -0.1) is 0 Å². The average molecular weight is 452 g/mol. The Morgan fingerprint density at radius 2 is 2.12 bits per heavy atom. The van der Waals surface area contributed by atoms with Crippen LogP contribution in [0.4, 0.5) is 10.2 Å². The molecule has 5 rings (SSSR count). The van der Waals surface area contributed by atoms with E-state index in [1.54, 1.807) is 18.2 Å². The predicted octanol–water partition coefficient (Wildman–Crippen LogP) is 3.63. The van der Waals surface area contributed by atoms with Gasteiger partial charge in [0.25, 0.3) is 5.91 Å². The summed E-state index contributed by atoms with van der Waals surface area (Å²) in [6.45, 7) is 1.12. The van der Waals surface area contributed by atoms with Crippen LogP contribution in [0.5, 0.6) is 5.75 Å². The SMILES string of the molecule is CNC(=O)c1cnc(NC(=O)C2CC2)c2[nH]c(-c3ccc(OC[C@@H]4CCCO4)cc3F)cc12. The maximum atomic E-state index is 15.0. The minimum absolute atomic E-state index is 0.00507. The zero-order valence-electron chi connectivity index (χ0n) is 18.2. The summed E-state index contributed by atoms with van der Waals surface area (Å²) in [7, 11) is 1.53. The number of anilines is 1. The number of fused-ring (bicyclic) bond motifs is 1.